The molecule has 0 fully saturated rings. The van der Waals surface area contributed by atoms with Crippen LogP contribution in [0, 0.1) is 0 Å². The summed E-state index contributed by atoms with van der Waals surface area (Å²) in [5.74, 6) is 0. The van der Waals surface area contributed by atoms with Gasteiger partial charge in [-0.25, -0.2) is 0 Å². The molecule has 1 aromatic carbocycles. The van der Waals surface area contributed by atoms with Crippen LogP contribution in [0.1, 0.15) is 17.0 Å². The highest BCUT2D eigenvalue weighted by atomic mass is 79.9. The van der Waals surface area contributed by atoms with Crippen molar-refractivity contribution in [3.8, 4) is 0 Å². The van der Waals surface area contributed by atoms with Gasteiger partial charge in [0.05, 0.1) is 11.4 Å². The lowest BCUT2D eigenvalue weighted by atomic mass is 10.1. The summed E-state index contributed by atoms with van der Waals surface area (Å²) in [7, 11) is 4.16. The number of anilines is 1. The van der Waals surface area contributed by atoms with Crippen molar-refractivity contribution in [1.29, 1.82) is 0 Å². The smallest absolute Gasteiger partial charge is 0.0544 e. The molecule has 3 rings (SSSR count). The highest BCUT2D eigenvalue weighted by Gasteiger charge is 2.13. The number of rotatable bonds is 7. The molecular formula is C21H23BrN4. The van der Waals surface area contributed by atoms with Gasteiger partial charge in [0.25, 0.3) is 0 Å². The Hall–Kier alpha value is -2.24. The summed E-state index contributed by atoms with van der Waals surface area (Å²) in [5, 5.41) is 0. The molecule has 2 heterocycles. The zero-order valence-electron chi connectivity index (χ0n) is 15.1. The zero-order chi connectivity index (χ0) is 18.4. The monoisotopic (exact) mass is 410 g/mol. The fourth-order valence-corrected chi connectivity index (χ4v) is 3.38. The molecule has 0 radical (unpaired) electrons. The molecule has 0 saturated carbocycles. The van der Waals surface area contributed by atoms with E-state index in [0.717, 1.165) is 35.5 Å². The van der Waals surface area contributed by atoms with Crippen molar-refractivity contribution in [3.05, 3.63) is 88.4 Å². The first kappa shape index (κ1) is 18.5. The number of halogens is 1. The lowest BCUT2D eigenvalue weighted by Gasteiger charge is -2.25. The third-order valence-electron chi connectivity index (χ3n) is 4.14. The number of nitrogens with zero attached hydrogens (tertiary/aromatic N) is 4. The van der Waals surface area contributed by atoms with E-state index < -0.39 is 0 Å². The summed E-state index contributed by atoms with van der Waals surface area (Å²) in [4.78, 5) is 13.5. The Morgan fingerprint density at radius 1 is 0.808 bits per heavy atom. The minimum absolute atomic E-state index is 0.775. The van der Waals surface area contributed by atoms with Crippen molar-refractivity contribution >= 4 is 21.6 Å². The highest BCUT2D eigenvalue weighted by Crippen LogP contribution is 2.25. The maximum Gasteiger partial charge on any atom is 0.0544 e. The van der Waals surface area contributed by atoms with Gasteiger partial charge in [-0.3, -0.25) is 14.9 Å². The fourth-order valence-electron chi connectivity index (χ4n) is 2.97. The molecular weight excluding hydrogens is 388 g/mol. The Bertz CT molecular complexity index is 780. The molecule has 0 saturated heterocycles. The minimum atomic E-state index is 0.775. The summed E-state index contributed by atoms with van der Waals surface area (Å²) in [5.41, 5.74) is 4.62. The molecule has 2 aromatic heterocycles. The molecule has 26 heavy (non-hydrogen) atoms. The summed E-state index contributed by atoms with van der Waals surface area (Å²) < 4.78 is 1.09. The normalized spacial score (nSPS) is 10.9. The Kier molecular flexibility index (Phi) is 6.36. The Morgan fingerprint density at radius 3 is 1.92 bits per heavy atom. The van der Waals surface area contributed by atoms with Gasteiger partial charge in [0, 0.05) is 56.3 Å². The minimum Gasteiger partial charge on any atom is -0.377 e. The second kappa shape index (κ2) is 8.92. The maximum absolute atomic E-state index is 4.50. The van der Waals surface area contributed by atoms with Crippen LogP contribution >= 0.6 is 15.9 Å². The van der Waals surface area contributed by atoms with E-state index in [2.05, 4.69) is 80.1 Å². The number of hydrogen-bond donors (Lipinski definition) is 0. The number of hydrogen-bond acceptors (Lipinski definition) is 4. The lowest BCUT2D eigenvalue weighted by Crippen LogP contribution is -2.25. The highest BCUT2D eigenvalue weighted by molar-refractivity contribution is 9.10. The summed E-state index contributed by atoms with van der Waals surface area (Å²) >= 11 is 3.61. The first-order chi connectivity index (χ1) is 12.6. The lowest BCUT2D eigenvalue weighted by molar-refractivity contribution is 0.242. The SMILES string of the molecule is CN(C)c1ccc(Br)cc1CN(Cc1ccccn1)Cc1ccccn1. The number of pyridine rings is 2. The quantitative estimate of drug-likeness (QED) is 0.573. The molecule has 0 spiro atoms. The molecule has 3 aromatic rings. The Labute approximate surface area is 163 Å². The van der Waals surface area contributed by atoms with Gasteiger partial charge in [0.2, 0.25) is 0 Å². The second-order valence-corrected chi connectivity index (χ2v) is 7.37. The average Bonchev–Trinajstić information content (AvgIpc) is 2.63. The zero-order valence-corrected chi connectivity index (χ0v) is 16.7. The van der Waals surface area contributed by atoms with Crippen LogP contribution in [0.4, 0.5) is 5.69 Å². The van der Waals surface area contributed by atoms with E-state index in [4.69, 9.17) is 0 Å². The van der Waals surface area contributed by atoms with Gasteiger partial charge in [-0.2, -0.15) is 0 Å². The van der Waals surface area contributed by atoms with Crippen molar-refractivity contribution in [1.82, 2.24) is 14.9 Å². The van der Waals surface area contributed by atoms with Crippen LogP contribution < -0.4 is 4.90 Å². The van der Waals surface area contributed by atoms with Crippen molar-refractivity contribution in [3.63, 3.8) is 0 Å². The topological polar surface area (TPSA) is 32.3 Å². The second-order valence-electron chi connectivity index (χ2n) is 6.45. The average molecular weight is 411 g/mol. The standard InChI is InChI=1S/C21H23BrN4/c1-25(2)21-10-9-18(22)13-17(21)14-26(15-19-7-3-5-11-23-19)16-20-8-4-6-12-24-20/h3-13H,14-16H2,1-2H3. The van der Waals surface area contributed by atoms with E-state index in [-0.39, 0.29) is 0 Å². The van der Waals surface area contributed by atoms with Crippen molar-refractivity contribution in [2.24, 2.45) is 0 Å². The third-order valence-corrected chi connectivity index (χ3v) is 4.63. The van der Waals surface area contributed by atoms with E-state index in [1.165, 1.54) is 11.3 Å². The van der Waals surface area contributed by atoms with Gasteiger partial charge in [0.15, 0.2) is 0 Å². The molecule has 0 amide bonds. The third kappa shape index (κ3) is 5.13. The van der Waals surface area contributed by atoms with Gasteiger partial charge >= 0.3 is 0 Å². The molecule has 0 aliphatic heterocycles. The molecule has 0 aliphatic rings. The van der Waals surface area contributed by atoms with Crippen molar-refractivity contribution in [2.75, 3.05) is 19.0 Å². The molecule has 0 bridgehead atoms. The molecule has 134 valence electrons. The van der Waals surface area contributed by atoms with E-state index in [1.54, 1.807) is 0 Å². The van der Waals surface area contributed by atoms with E-state index in [0.29, 0.717) is 0 Å². The molecule has 0 N–H and O–H groups in total. The summed E-state index contributed by atoms with van der Waals surface area (Å²) in [6, 6.07) is 18.5. The van der Waals surface area contributed by atoms with Gasteiger partial charge < -0.3 is 4.90 Å². The van der Waals surface area contributed by atoms with Crippen LogP contribution in [-0.2, 0) is 19.6 Å². The van der Waals surface area contributed by atoms with E-state index in [9.17, 15) is 0 Å². The molecule has 5 heteroatoms. The van der Waals surface area contributed by atoms with Crippen molar-refractivity contribution < 1.29 is 0 Å². The number of benzene rings is 1. The largest absolute Gasteiger partial charge is 0.377 e. The fraction of sp³-hybridized carbons (Fsp3) is 0.238. The predicted octanol–water partition coefficient (Wildman–Crippen LogP) is 4.51. The maximum atomic E-state index is 4.50. The predicted molar refractivity (Wildman–Crippen MR) is 110 cm³/mol. The van der Waals surface area contributed by atoms with Gasteiger partial charge in [-0.15, -0.1) is 0 Å². The van der Waals surface area contributed by atoms with E-state index in [1.807, 2.05) is 36.7 Å². The van der Waals surface area contributed by atoms with Crippen molar-refractivity contribution in [2.45, 2.75) is 19.6 Å². The van der Waals surface area contributed by atoms with Crippen LogP contribution in [0.3, 0.4) is 0 Å². The molecule has 0 aliphatic carbocycles. The van der Waals surface area contributed by atoms with Crippen LogP contribution in [0.15, 0.2) is 71.5 Å². The summed E-state index contributed by atoms with van der Waals surface area (Å²) in [6.45, 7) is 2.37. The van der Waals surface area contributed by atoms with Crippen LogP contribution in [0.5, 0.6) is 0 Å². The van der Waals surface area contributed by atoms with Gasteiger partial charge in [0.1, 0.15) is 0 Å². The summed E-state index contributed by atoms with van der Waals surface area (Å²) in [6.07, 6.45) is 3.69. The van der Waals surface area contributed by atoms with Gasteiger partial charge in [-0.05, 0) is 48.0 Å². The van der Waals surface area contributed by atoms with Crippen LogP contribution in [-0.4, -0.2) is 29.0 Å². The Morgan fingerprint density at radius 2 is 1.42 bits per heavy atom. The first-order valence-electron chi connectivity index (χ1n) is 8.60. The number of aromatic nitrogens is 2. The van der Waals surface area contributed by atoms with E-state index >= 15 is 0 Å². The van der Waals surface area contributed by atoms with Crippen LogP contribution in [0.25, 0.3) is 0 Å². The Balaban J connectivity index is 1.87. The molecule has 4 nitrogen and oxygen atoms in total. The van der Waals surface area contributed by atoms with Crippen LogP contribution in [0.2, 0.25) is 0 Å². The molecule has 0 atom stereocenters. The van der Waals surface area contributed by atoms with Gasteiger partial charge in [-0.1, -0.05) is 28.1 Å². The molecule has 0 unspecified atom stereocenters. The first-order valence-corrected chi connectivity index (χ1v) is 9.39.